The molecule has 0 saturated heterocycles. The van der Waals surface area contributed by atoms with Crippen LogP contribution in [0.25, 0.3) is 0 Å². The fourth-order valence-electron chi connectivity index (χ4n) is 3.64. The summed E-state index contributed by atoms with van der Waals surface area (Å²) in [7, 11) is 0. The second-order valence-electron chi connectivity index (χ2n) is 8.11. The highest BCUT2D eigenvalue weighted by atomic mass is 16.4. The number of carboxylic acid groups (broad SMARTS) is 1. The maximum absolute atomic E-state index is 10.8. The van der Waals surface area contributed by atoms with E-state index in [1.54, 1.807) is 12.1 Å². The first-order valence-electron chi connectivity index (χ1n) is 11.8. The van der Waals surface area contributed by atoms with E-state index in [-0.39, 0.29) is 0 Å². The Kier molecular flexibility index (Phi) is 15.4. The Morgan fingerprint density at radius 3 is 1.46 bits per heavy atom. The van der Waals surface area contributed by atoms with Gasteiger partial charge in [0.05, 0.1) is 5.56 Å². The molecular formula is C25H43NO2. The molecule has 1 aromatic carbocycles. The number of anilines is 1. The molecule has 160 valence electrons. The summed E-state index contributed by atoms with van der Waals surface area (Å²) in [6.07, 6.45) is 22.2. The maximum Gasteiger partial charge on any atom is 0.335 e. The Bertz CT molecular complexity index is 484. The molecule has 0 aromatic heterocycles. The molecule has 0 aliphatic heterocycles. The Labute approximate surface area is 173 Å². The number of hydrogen-bond donors (Lipinski definition) is 2. The number of nitrogens with one attached hydrogen (secondary N) is 1. The second-order valence-corrected chi connectivity index (χ2v) is 8.11. The first kappa shape index (κ1) is 24.5. The van der Waals surface area contributed by atoms with Gasteiger partial charge in [0.2, 0.25) is 0 Å². The molecule has 0 fully saturated rings. The van der Waals surface area contributed by atoms with Crippen molar-refractivity contribution >= 4 is 11.7 Å². The number of unbranched alkanes of at least 4 members (excludes halogenated alkanes) is 15. The number of aromatic carboxylic acids is 1. The van der Waals surface area contributed by atoms with Crippen LogP contribution in [0.5, 0.6) is 0 Å². The average Bonchev–Trinajstić information content (AvgIpc) is 2.70. The molecule has 28 heavy (non-hydrogen) atoms. The van der Waals surface area contributed by atoms with Gasteiger partial charge in [-0.25, -0.2) is 4.79 Å². The lowest BCUT2D eigenvalue weighted by Gasteiger charge is -2.07. The van der Waals surface area contributed by atoms with Crippen LogP contribution in [0.4, 0.5) is 5.69 Å². The van der Waals surface area contributed by atoms with Crippen LogP contribution in [0.3, 0.4) is 0 Å². The van der Waals surface area contributed by atoms with Gasteiger partial charge in [-0.2, -0.15) is 0 Å². The molecule has 0 aliphatic carbocycles. The van der Waals surface area contributed by atoms with Gasteiger partial charge in [-0.1, -0.05) is 103 Å². The zero-order chi connectivity index (χ0) is 20.3. The molecule has 2 N–H and O–H groups in total. The van der Waals surface area contributed by atoms with Crippen LogP contribution in [-0.4, -0.2) is 17.6 Å². The van der Waals surface area contributed by atoms with E-state index in [9.17, 15) is 4.79 Å². The zero-order valence-corrected chi connectivity index (χ0v) is 18.2. The van der Waals surface area contributed by atoms with Crippen LogP contribution in [0.2, 0.25) is 0 Å². The van der Waals surface area contributed by atoms with Gasteiger partial charge in [-0.15, -0.1) is 0 Å². The molecule has 0 radical (unpaired) electrons. The molecule has 0 spiro atoms. The summed E-state index contributed by atoms with van der Waals surface area (Å²) in [6.45, 7) is 3.24. The molecule has 3 nitrogen and oxygen atoms in total. The smallest absolute Gasteiger partial charge is 0.335 e. The van der Waals surface area contributed by atoms with Crippen LogP contribution in [0, 0.1) is 0 Å². The standard InChI is InChI=1S/C25H43NO2/c1-2-3-4-5-6-7-8-9-10-11-12-13-14-15-16-17-22-26-24-20-18-23(19-21-24)25(27)28/h18-21,26H,2-17,22H2,1H3,(H,27,28). The first-order valence-corrected chi connectivity index (χ1v) is 11.8. The van der Waals surface area contributed by atoms with Crippen LogP contribution >= 0.6 is 0 Å². The van der Waals surface area contributed by atoms with Gasteiger partial charge in [-0.05, 0) is 30.7 Å². The van der Waals surface area contributed by atoms with E-state index in [1.807, 2.05) is 12.1 Å². The van der Waals surface area contributed by atoms with E-state index in [1.165, 1.54) is 103 Å². The van der Waals surface area contributed by atoms with Crippen molar-refractivity contribution in [2.75, 3.05) is 11.9 Å². The number of benzene rings is 1. The van der Waals surface area contributed by atoms with Crippen LogP contribution < -0.4 is 5.32 Å². The largest absolute Gasteiger partial charge is 0.478 e. The van der Waals surface area contributed by atoms with E-state index in [0.29, 0.717) is 5.56 Å². The van der Waals surface area contributed by atoms with E-state index in [4.69, 9.17) is 5.11 Å². The van der Waals surface area contributed by atoms with Gasteiger partial charge < -0.3 is 10.4 Å². The Morgan fingerprint density at radius 2 is 1.07 bits per heavy atom. The summed E-state index contributed by atoms with van der Waals surface area (Å²) in [5, 5.41) is 12.3. The van der Waals surface area contributed by atoms with E-state index >= 15 is 0 Å². The summed E-state index contributed by atoms with van der Waals surface area (Å²) in [5.74, 6) is -0.871. The van der Waals surface area contributed by atoms with Gasteiger partial charge in [-0.3, -0.25) is 0 Å². The Morgan fingerprint density at radius 1 is 0.679 bits per heavy atom. The molecule has 1 rings (SSSR count). The van der Waals surface area contributed by atoms with Gasteiger partial charge in [0, 0.05) is 12.2 Å². The predicted molar refractivity (Wildman–Crippen MR) is 121 cm³/mol. The topological polar surface area (TPSA) is 49.3 Å². The second kappa shape index (κ2) is 17.6. The van der Waals surface area contributed by atoms with Crippen molar-refractivity contribution in [2.24, 2.45) is 0 Å². The zero-order valence-electron chi connectivity index (χ0n) is 18.2. The SMILES string of the molecule is CCCCCCCCCCCCCCCCCCNc1ccc(C(=O)O)cc1. The average molecular weight is 390 g/mol. The highest BCUT2D eigenvalue weighted by molar-refractivity contribution is 5.87. The molecule has 0 bridgehead atoms. The van der Waals surface area contributed by atoms with E-state index < -0.39 is 5.97 Å². The van der Waals surface area contributed by atoms with Crippen LogP contribution in [-0.2, 0) is 0 Å². The Hall–Kier alpha value is -1.51. The molecular weight excluding hydrogens is 346 g/mol. The molecule has 0 heterocycles. The number of carbonyl (C=O) groups is 1. The third-order valence-electron chi connectivity index (χ3n) is 5.49. The van der Waals surface area contributed by atoms with Crippen molar-refractivity contribution in [1.29, 1.82) is 0 Å². The minimum Gasteiger partial charge on any atom is -0.478 e. The lowest BCUT2D eigenvalue weighted by Crippen LogP contribution is -2.02. The van der Waals surface area contributed by atoms with Gasteiger partial charge in [0.1, 0.15) is 0 Å². The van der Waals surface area contributed by atoms with Crippen molar-refractivity contribution in [3.05, 3.63) is 29.8 Å². The minimum atomic E-state index is -0.871. The van der Waals surface area contributed by atoms with Crippen LogP contribution in [0.15, 0.2) is 24.3 Å². The lowest BCUT2D eigenvalue weighted by atomic mass is 10.0. The summed E-state index contributed by atoms with van der Waals surface area (Å²) in [4.78, 5) is 10.8. The number of carboxylic acids is 1. The van der Waals surface area contributed by atoms with Gasteiger partial charge in [0.15, 0.2) is 0 Å². The van der Waals surface area contributed by atoms with E-state index in [0.717, 1.165) is 12.2 Å². The summed E-state index contributed by atoms with van der Waals surface area (Å²) in [5.41, 5.74) is 1.35. The van der Waals surface area contributed by atoms with Crippen molar-refractivity contribution in [3.8, 4) is 0 Å². The molecule has 3 heteroatoms. The fraction of sp³-hybridized carbons (Fsp3) is 0.720. The molecule has 0 saturated carbocycles. The number of rotatable bonds is 19. The summed E-state index contributed by atoms with van der Waals surface area (Å²) < 4.78 is 0. The number of hydrogen-bond acceptors (Lipinski definition) is 2. The minimum absolute atomic E-state index is 0.341. The summed E-state index contributed by atoms with van der Waals surface area (Å²) >= 11 is 0. The highest BCUT2D eigenvalue weighted by Crippen LogP contribution is 2.14. The maximum atomic E-state index is 10.8. The van der Waals surface area contributed by atoms with Gasteiger partial charge >= 0.3 is 5.97 Å². The fourth-order valence-corrected chi connectivity index (χ4v) is 3.64. The quantitative estimate of drug-likeness (QED) is 0.235. The predicted octanol–water partition coefficient (Wildman–Crippen LogP) is 8.06. The molecule has 0 amide bonds. The van der Waals surface area contributed by atoms with Crippen molar-refractivity contribution in [1.82, 2.24) is 0 Å². The van der Waals surface area contributed by atoms with Crippen molar-refractivity contribution in [2.45, 2.75) is 110 Å². The third kappa shape index (κ3) is 13.6. The van der Waals surface area contributed by atoms with Crippen LogP contribution in [0.1, 0.15) is 120 Å². The molecule has 0 atom stereocenters. The molecule has 0 aliphatic rings. The van der Waals surface area contributed by atoms with E-state index in [2.05, 4.69) is 12.2 Å². The van der Waals surface area contributed by atoms with Crippen molar-refractivity contribution < 1.29 is 9.90 Å². The van der Waals surface area contributed by atoms with Gasteiger partial charge in [0.25, 0.3) is 0 Å². The first-order chi connectivity index (χ1) is 13.7. The summed E-state index contributed by atoms with van der Waals surface area (Å²) in [6, 6.07) is 6.99. The third-order valence-corrected chi connectivity index (χ3v) is 5.49. The molecule has 0 unspecified atom stereocenters. The van der Waals surface area contributed by atoms with Crippen molar-refractivity contribution in [3.63, 3.8) is 0 Å². The lowest BCUT2D eigenvalue weighted by molar-refractivity contribution is 0.0697. The molecule has 1 aromatic rings. The normalized spacial score (nSPS) is 10.9. The monoisotopic (exact) mass is 389 g/mol. The highest BCUT2D eigenvalue weighted by Gasteiger charge is 2.01. The Balaban J connectivity index is 1.79.